The highest BCUT2D eigenvalue weighted by atomic mass is 16.5. The van der Waals surface area contributed by atoms with E-state index in [9.17, 15) is 20.0 Å². The van der Waals surface area contributed by atoms with Gasteiger partial charge in [0.05, 0.1) is 5.97 Å². The van der Waals surface area contributed by atoms with Gasteiger partial charge >= 0.3 is 0 Å². The summed E-state index contributed by atoms with van der Waals surface area (Å²) in [6, 6.07) is 14.3. The Morgan fingerprint density at radius 3 is 2.50 bits per heavy atom. The van der Waals surface area contributed by atoms with Crippen molar-refractivity contribution in [1.82, 2.24) is 0 Å². The van der Waals surface area contributed by atoms with E-state index in [-0.39, 0.29) is 11.1 Å². The number of hydrogen-bond acceptors (Lipinski definition) is 5. The summed E-state index contributed by atoms with van der Waals surface area (Å²) in [5, 5.41) is 22.6. The molecule has 2 aromatic rings. The van der Waals surface area contributed by atoms with Gasteiger partial charge in [0.25, 0.3) is 5.91 Å². The molecule has 6 heteroatoms. The van der Waals surface area contributed by atoms with E-state index in [1.54, 1.807) is 30.3 Å². The lowest BCUT2D eigenvalue weighted by Crippen LogP contribution is -2.22. The molecule has 0 aromatic heterocycles. The van der Waals surface area contributed by atoms with Crippen molar-refractivity contribution in [3.8, 4) is 11.8 Å². The third-order valence-corrected chi connectivity index (χ3v) is 3.32. The molecule has 0 saturated carbocycles. The summed E-state index contributed by atoms with van der Waals surface area (Å²) in [4.78, 5) is 23.0. The van der Waals surface area contributed by atoms with E-state index in [1.807, 2.05) is 6.07 Å². The number of carbonyl (C=O) groups is 2. The van der Waals surface area contributed by atoms with E-state index in [1.165, 1.54) is 30.3 Å². The highest BCUT2D eigenvalue weighted by molar-refractivity contribution is 6.09. The third kappa shape index (κ3) is 4.82. The maximum absolute atomic E-state index is 12.3. The minimum absolute atomic E-state index is 0.00709. The van der Waals surface area contributed by atoms with E-state index < -0.39 is 11.9 Å². The smallest absolute Gasteiger partial charge is 0.266 e. The van der Waals surface area contributed by atoms with Crippen LogP contribution in [0.3, 0.4) is 0 Å². The summed E-state index contributed by atoms with van der Waals surface area (Å²) in [6.45, 7) is 3.87. The van der Waals surface area contributed by atoms with Crippen molar-refractivity contribution in [2.24, 2.45) is 0 Å². The van der Waals surface area contributed by atoms with E-state index in [0.29, 0.717) is 23.6 Å². The molecular formula is C20H15N2O4-. The average molecular weight is 347 g/mol. The van der Waals surface area contributed by atoms with Gasteiger partial charge in [0.2, 0.25) is 0 Å². The fourth-order valence-electron chi connectivity index (χ4n) is 2.07. The standard InChI is InChI=1S/C20H16N2O4/c1-2-11-26-18-6-4-3-5-15(18)12-16(13-21)19(23)22-17-9-7-14(8-10-17)20(24)25/h2-10,12H,1,11H2,(H,22,23)(H,24,25)/p-1/b16-12+. The van der Waals surface area contributed by atoms with Crippen LogP contribution >= 0.6 is 0 Å². The molecule has 0 saturated heterocycles. The Balaban J connectivity index is 2.21. The second-order valence-electron chi connectivity index (χ2n) is 5.13. The van der Waals surface area contributed by atoms with Crippen LogP contribution in [-0.4, -0.2) is 18.5 Å². The zero-order valence-corrected chi connectivity index (χ0v) is 13.8. The van der Waals surface area contributed by atoms with Crippen LogP contribution in [0.2, 0.25) is 0 Å². The zero-order valence-electron chi connectivity index (χ0n) is 13.8. The van der Waals surface area contributed by atoms with Gasteiger partial charge in [-0.3, -0.25) is 4.79 Å². The number of ether oxygens (including phenoxy) is 1. The second kappa shape index (κ2) is 8.85. The van der Waals surface area contributed by atoms with Gasteiger partial charge in [0.15, 0.2) is 0 Å². The Bertz CT molecular complexity index is 893. The van der Waals surface area contributed by atoms with Crippen molar-refractivity contribution in [1.29, 1.82) is 5.26 Å². The fourth-order valence-corrected chi connectivity index (χ4v) is 2.07. The molecule has 0 aliphatic heterocycles. The molecule has 2 rings (SSSR count). The third-order valence-electron chi connectivity index (χ3n) is 3.32. The van der Waals surface area contributed by atoms with Crippen molar-refractivity contribution in [3.63, 3.8) is 0 Å². The number of nitrogens with one attached hydrogen (secondary N) is 1. The minimum Gasteiger partial charge on any atom is -0.545 e. The number of anilines is 1. The molecule has 6 nitrogen and oxygen atoms in total. The van der Waals surface area contributed by atoms with Gasteiger partial charge in [-0.15, -0.1) is 0 Å². The van der Waals surface area contributed by atoms with E-state index in [0.717, 1.165) is 0 Å². The topological polar surface area (TPSA) is 102 Å². The van der Waals surface area contributed by atoms with Crippen molar-refractivity contribution in [2.75, 3.05) is 11.9 Å². The summed E-state index contributed by atoms with van der Waals surface area (Å²) in [7, 11) is 0. The number of carbonyl (C=O) groups excluding carboxylic acids is 2. The number of rotatable bonds is 7. The molecule has 130 valence electrons. The molecule has 0 fully saturated rings. The quantitative estimate of drug-likeness (QED) is 0.470. The summed E-state index contributed by atoms with van der Waals surface area (Å²) in [5.41, 5.74) is 0.807. The van der Waals surface area contributed by atoms with Gasteiger partial charge < -0.3 is 20.0 Å². The predicted molar refractivity (Wildman–Crippen MR) is 95.1 cm³/mol. The number of benzene rings is 2. The number of amides is 1. The van der Waals surface area contributed by atoms with Crippen LogP contribution in [0.1, 0.15) is 15.9 Å². The first-order valence-electron chi connectivity index (χ1n) is 7.62. The summed E-state index contributed by atoms with van der Waals surface area (Å²) >= 11 is 0. The first kappa shape index (κ1) is 18.5. The van der Waals surface area contributed by atoms with Crippen molar-refractivity contribution < 1.29 is 19.4 Å². The molecule has 1 amide bonds. The summed E-state index contributed by atoms with van der Waals surface area (Å²) in [5.74, 6) is -1.41. The fraction of sp³-hybridized carbons (Fsp3) is 0.0500. The molecular weight excluding hydrogens is 332 g/mol. The Morgan fingerprint density at radius 1 is 1.19 bits per heavy atom. The first-order valence-corrected chi connectivity index (χ1v) is 7.62. The van der Waals surface area contributed by atoms with E-state index >= 15 is 0 Å². The molecule has 0 aliphatic rings. The highest BCUT2D eigenvalue weighted by Gasteiger charge is 2.11. The van der Waals surface area contributed by atoms with E-state index in [4.69, 9.17) is 4.74 Å². The minimum atomic E-state index is -1.31. The van der Waals surface area contributed by atoms with Crippen LogP contribution in [0.15, 0.2) is 66.8 Å². The SMILES string of the molecule is C=CCOc1ccccc1/C=C(\C#N)C(=O)Nc1ccc(C(=O)[O-])cc1. The van der Waals surface area contributed by atoms with Crippen molar-refractivity contribution in [2.45, 2.75) is 0 Å². The Labute approximate surface area is 150 Å². The normalized spacial score (nSPS) is 10.5. The first-order chi connectivity index (χ1) is 12.5. The number of carboxylic acid groups (broad SMARTS) is 1. The van der Waals surface area contributed by atoms with Crippen molar-refractivity contribution >= 4 is 23.6 Å². The lowest BCUT2D eigenvalue weighted by Gasteiger charge is -2.08. The van der Waals surface area contributed by atoms with Crippen LogP contribution in [0.4, 0.5) is 5.69 Å². The monoisotopic (exact) mass is 347 g/mol. The van der Waals surface area contributed by atoms with Crippen LogP contribution in [-0.2, 0) is 4.79 Å². The number of nitriles is 1. The zero-order chi connectivity index (χ0) is 18.9. The predicted octanol–water partition coefficient (Wildman–Crippen LogP) is 2.16. The van der Waals surface area contributed by atoms with Gasteiger partial charge in [0, 0.05) is 11.3 Å². The van der Waals surface area contributed by atoms with Gasteiger partial charge in [-0.1, -0.05) is 43.0 Å². The largest absolute Gasteiger partial charge is 0.545 e. The number of carboxylic acids is 1. The molecule has 0 radical (unpaired) electrons. The Kier molecular flexibility index (Phi) is 6.29. The lowest BCUT2D eigenvalue weighted by atomic mass is 10.1. The average Bonchev–Trinajstić information content (AvgIpc) is 2.65. The van der Waals surface area contributed by atoms with Crippen LogP contribution in [0.25, 0.3) is 6.08 Å². The number of aromatic carboxylic acids is 1. The number of para-hydroxylation sites is 1. The number of hydrogen-bond donors (Lipinski definition) is 1. The van der Waals surface area contributed by atoms with Gasteiger partial charge in [-0.2, -0.15) is 5.26 Å². The molecule has 26 heavy (non-hydrogen) atoms. The molecule has 0 heterocycles. The molecule has 0 atom stereocenters. The van der Waals surface area contributed by atoms with E-state index in [2.05, 4.69) is 11.9 Å². The number of nitrogens with zero attached hydrogens (tertiary/aromatic N) is 1. The molecule has 0 aliphatic carbocycles. The second-order valence-corrected chi connectivity index (χ2v) is 5.13. The van der Waals surface area contributed by atoms with Gasteiger partial charge in [0.1, 0.15) is 24.0 Å². The summed E-state index contributed by atoms with van der Waals surface area (Å²) in [6.07, 6.45) is 3.01. The molecule has 0 unspecified atom stereocenters. The molecule has 0 bridgehead atoms. The van der Waals surface area contributed by atoms with Crippen molar-refractivity contribution in [3.05, 3.63) is 77.9 Å². The highest BCUT2D eigenvalue weighted by Crippen LogP contribution is 2.21. The van der Waals surface area contributed by atoms with Crippen LogP contribution in [0.5, 0.6) is 5.75 Å². The molecule has 2 aromatic carbocycles. The maximum Gasteiger partial charge on any atom is 0.266 e. The van der Waals surface area contributed by atoms with Gasteiger partial charge in [-0.25, -0.2) is 0 Å². The molecule has 1 N–H and O–H groups in total. The van der Waals surface area contributed by atoms with Gasteiger partial charge in [-0.05, 0) is 29.8 Å². The Hall–Kier alpha value is -3.85. The maximum atomic E-state index is 12.3. The van der Waals surface area contributed by atoms with Crippen LogP contribution < -0.4 is 15.2 Å². The lowest BCUT2D eigenvalue weighted by molar-refractivity contribution is -0.255. The Morgan fingerprint density at radius 2 is 1.88 bits per heavy atom. The van der Waals surface area contributed by atoms with Crippen LogP contribution in [0, 0.1) is 11.3 Å². The molecule has 0 spiro atoms. The summed E-state index contributed by atoms with van der Waals surface area (Å²) < 4.78 is 5.50.